The number of rotatable bonds is 4. The van der Waals surface area contributed by atoms with E-state index in [1.807, 2.05) is 61.7 Å². The van der Waals surface area contributed by atoms with Crippen molar-refractivity contribution in [1.82, 2.24) is 0 Å². The van der Waals surface area contributed by atoms with E-state index in [1.54, 1.807) is 0 Å². The Morgan fingerprint density at radius 3 is 2.12 bits per heavy atom. The van der Waals surface area contributed by atoms with Gasteiger partial charge in [0.25, 0.3) is 0 Å². The van der Waals surface area contributed by atoms with Gasteiger partial charge in [-0.25, -0.2) is 0 Å². The van der Waals surface area contributed by atoms with Crippen LogP contribution in [0.3, 0.4) is 0 Å². The van der Waals surface area contributed by atoms with Crippen LogP contribution in [-0.4, -0.2) is 5.78 Å². The highest BCUT2D eigenvalue weighted by Gasteiger charge is 2.12. The van der Waals surface area contributed by atoms with Crippen molar-refractivity contribution in [3.63, 3.8) is 0 Å². The largest absolute Gasteiger partial charge is 0.361 e. The van der Waals surface area contributed by atoms with E-state index < -0.39 is 0 Å². The van der Waals surface area contributed by atoms with E-state index in [0.717, 1.165) is 48.3 Å². The van der Waals surface area contributed by atoms with Gasteiger partial charge >= 0.3 is 0 Å². The van der Waals surface area contributed by atoms with Gasteiger partial charge < -0.3 is 5.32 Å². The Morgan fingerprint density at radius 2 is 1.44 bits per heavy atom. The van der Waals surface area contributed by atoms with Crippen LogP contribution in [0.2, 0.25) is 0 Å². The fraction of sp³-hybridized carbons (Fsp3) is 0.286. The van der Waals surface area contributed by atoms with Crippen LogP contribution in [0.4, 0.5) is 17.1 Å². The number of Topliss-reactive ketones (excluding diaryl/α,β-unsaturated/α-hetero) is 1. The van der Waals surface area contributed by atoms with Crippen molar-refractivity contribution in [2.24, 2.45) is 10.2 Å². The van der Waals surface area contributed by atoms with Crippen LogP contribution in [-0.2, 0) is 4.79 Å². The minimum absolute atomic E-state index is 0.272. The average Bonchev–Trinajstić information content (AvgIpc) is 2.84. The molecule has 0 heterocycles. The molecule has 2 aromatic carbocycles. The summed E-state index contributed by atoms with van der Waals surface area (Å²) in [7, 11) is 0. The van der Waals surface area contributed by atoms with Crippen molar-refractivity contribution in [2.45, 2.75) is 39.0 Å². The fourth-order valence-electron chi connectivity index (χ4n) is 2.75. The van der Waals surface area contributed by atoms with Gasteiger partial charge in [0.15, 0.2) is 5.78 Å². The highest BCUT2D eigenvalue weighted by Crippen LogP contribution is 2.22. The molecule has 0 saturated heterocycles. The van der Waals surface area contributed by atoms with Gasteiger partial charge in [0, 0.05) is 23.9 Å². The zero-order chi connectivity index (χ0) is 17.5. The molecule has 4 nitrogen and oxygen atoms in total. The number of hydrogen-bond donors (Lipinski definition) is 1. The number of azo groups is 1. The zero-order valence-electron chi connectivity index (χ0n) is 14.5. The van der Waals surface area contributed by atoms with Crippen LogP contribution in [0.1, 0.15) is 37.7 Å². The number of nitrogens with zero attached hydrogens (tertiary/aromatic N) is 2. The summed E-state index contributed by atoms with van der Waals surface area (Å²) in [5.41, 5.74) is 4.68. The van der Waals surface area contributed by atoms with Crippen LogP contribution in [0.15, 0.2) is 70.5 Å². The summed E-state index contributed by atoms with van der Waals surface area (Å²) >= 11 is 0. The quantitative estimate of drug-likeness (QED) is 0.409. The Morgan fingerprint density at radius 1 is 0.840 bits per heavy atom. The zero-order valence-corrected chi connectivity index (χ0v) is 14.5. The topological polar surface area (TPSA) is 53.8 Å². The Bertz CT molecular complexity index is 774. The Hall–Kier alpha value is -2.75. The van der Waals surface area contributed by atoms with Crippen LogP contribution in [0.5, 0.6) is 0 Å². The predicted molar refractivity (Wildman–Crippen MR) is 102 cm³/mol. The second-order valence-corrected chi connectivity index (χ2v) is 6.38. The fourth-order valence-corrected chi connectivity index (χ4v) is 2.75. The van der Waals surface area contributed by atoms with Crippen LogP contribution in [0, 0.1) is 6.92 Å². The molecule has 25 heavy (non-hydrogen) atoms. The highest BCUT2D eigenvalue weighted by molar-refractivity contribution is 5.95. The lowest BCUT2D eigenvalue weighted by Crippen LogP contribution is -2.02. The Labute approximate surface area is 148 Å². The van der Waals surface area contributed by atoms with E-state index in [4.69, 9.17) is 0 Å². The third-order valence-corrected chi connectivity index (χ3v) is 4.30. The molecule has 0 spiro atoms. The number of carbonyl (C=O) groups is 1. The minimum atomic E-state index is 0.272. The molecule has 0 amide bonds. The molecule has 0 radical (unpaired) electrons. The number of nitrogens with one attached hydrogen (secondary N) is 1. The van der Waals surface area contributed by atoms with Crippen molar-refractivity contribution in [1.29, 1.82) is 0 Å². The van der Waals surface area contributed by atoms with Gasteiger partial charge in [0.2, 0.25) is 0 Å². The Balaban J connectivity index is 1.62. The maximum atomic E-state index is 12.0. The van der Waals surface area contributed by atoms with E-state index in [0.29, 0.717) is 6.42 Å². The molecule has 1 aliphatic rings. The number of carbonyl (C=O) groups excluding carboxylic acids is 1. The van der Waals surface area contributed by atoms with Gasteiger partial charge in [-0.3, -0.25) is 4.79 Å². The number of benzene rings is 2. The van der Waals surface area contributed by atoms with E-state index >= 15 is 0 Å². The smallest absolute Gasteiger partial charge is 0.160 e. The first-order valence-corrected chi connectivity index (χ1v) is 8.78. The molecular formula is C21H23N3O. The second-order valence-electron chi connectivity index (χ2n) is 6.38. The van der Waals surface area contributed by atoms with Crippen LogP contribution in [0.25, 0.3) is 0 Å². The third kappa shape index (κ3) is 5.11. The Kier molecular flexibility index (Phi) is 5.73. The molecule has 0 bridgehead atoms. The number of anilines is 1. The second kappa shape index (κ2) is 8.38. The molecule has 0 unspecified atom stereocenters. The highest BCUT2D eigenvalue weighted by atomic mass is 16.1. The van der Waals surface area contributed by atoms with Gasteiger partial charge in [0.1, 0.15) is 0 Å². The lowest BCUT2D eigenvalue weighted by molar-refractivity contribution is -0.115. The van der Waals surface area contributed by atoms with Crippen LogP contribution >= 0.6 is 0 Å². The third-order valence-electron chi connectivity index (χ3n) is 4.30. The van der Waals surface area contributed by atoms with Gasteiger partial charge in [-0.15, -0.1) is 0 Å². The molecule has 2 aromatic rings. The van der Waals surface area contributed by atoms with E-state index in [-0.39, 0.29) is 5.78 Å². The molecule has 1 saturated carbocycles. The molecule has 0 aromatic heterocycles. The summed E-state index contributed by atoms with van der Waals surface area (Å²) in [6.07, 6.45) is 6.65. The van der Waals surface area contributed by atoms with Crippen molar-refractivity contribution < 1.29 is 4.79 Å². The first-order valence-electron chi connectivity index (χ1n) is 8.78. The van der Waals surface area contributed by atoms with Gasteiger partial charge in [0.05, 0.1) is 11.4 Å². The SMILES string of the molecule is Cc1ccc(N=Nc2ccc(N/C=C3\CCCCCC3=O)cc2)cc1. The van der Waals surface area contributed by atoms with Gasteiger partial charge in [-0.2, -0.15) is 10.2 Å². The van der Waals surface area contributed by atoms with E-state index in [9.17, 15) is 4.79 Å². The molecule has 1 aliphatic carbocycles. The summed E-state index contributed by atoms with van der Waals surface area (Å²) in [5.74, 6) is 0.272. The molecule has 4 heteroatoms. The van der Waals surface area contributed by atoms with E-state index in [2.05, 4.69) is 15.5 Å². The number of allylic oxidation sites excluding steroid dienone is 1. The van der Waals surface area contributed by atoms with Gasteiger partial charge in [-0.05, 0) is 62.6 Å². The monoisotopic (exact) mass is 333 g/mol. The number of aryl methyl sites for hydroxylation is 1. The molecule has 128 valence electrons. The molecule has 0 aliphatic heterocycles. The summed E-state index contributed by atoms with van der Waals surface area (Å²) < 4.78 is 0. The van der Waals surface area contributed by atoms with Crippen molar-refractivity contribution in [2.75, 3.05) is 5.32 Å². The van der Waals surface area contributed by atoms with Crippen molar-refractivity contribution in [3.8, 4) is 0 Å². The summed E-state index contributed by atoms with van der Waals surface area (Å²) in [5, 5.41) is 11.7. The molecule has 1 fully saturated rings. The molecule has 1 N–H and O–H groups in total. The normalized spacial score (nSPS) is 17.0. The predicted octanol–water partition coefficient (Wildman–Crippen LogP) is 6.24. The summed E-state index contributed by atoms with van der Waals surface area (Å²) in [6.45, 7) is 2.05. The lowest BCUT2D eigenvalue weighted by Gasteiger charge is -2.05. The molecular weight excluding hydrogens is 310 g/mol. The average molecular weight is 333 g/mol. The summed E-state index contributed by atoms with van der Waals surface area (Å²) in [4.78, 5) is 12.0. The molecule has 3 rings (SSSR count). The first kappa shape index (κ1) is 17.1. The van der Waals surface area contributed by atoms with Crippen molar-refractivity contribution >= 4 is 22.8 Å². The van der Waals surface area contributed by atoms with E-state index in [1.165, 1.54) is 5.56 Å². The summed E-state index contributed by atoms with van der Waals surface area (Å²) in [6, 6.07) is 15.6. The maximum Gasteiger partial charge on any atom is 0.160 e. The molecule has 0 atom stereocenters. The number of hydrogen-bond acceptors (Lipinski definition) is 4. The first-order chi connectivity index (χ1) is 12.2. The van der Waals surface area contributed by atoms with Gasteiger partial charge in [-0.1, -0.05) is 24.1 Å². The lowest BCUT2D eigenvalue weighted by atomic mass is 10.1. The maximum absolute atomic E-state index is 12.0. The van der Waals surface area contributed by atoms with Crippen LogP contribution < -0.4 is 5.32 Å². The van der Waals surface area contributed by atoms with Crippen molar-refractivity contribution in [3.05, 3.63) is 65.9 Å². The number of ketones is 1. The minimum Gasteiger partial charge on any atom is -0.361 e. The standard InChI is InChI=1S/C21H23N3O/c1-16-7-9-19(10-8-16)23-24-20-13-11-18(12-14-20)22-15-17-5-3-2-4-6-21(17)25/h7-15,22H,2-6H2,1H3/b17-15+,24-23?.